The largest absolute Gasteiger partial charge is 0.497 e. The van der Waals surface area contributed by atoms with Crippen LogP contribution in [0.25, 0.3) is 0 Å². The monoisotopic (exact) mass is 383 g/mol. The van der Waals surface area contributed by atoms with Crippen molar-refractivity contribution in [1.29, 1.82) is 0 Å². The Kier molecular flexibility index (Phi) is 7.06. The van der Waals surface area contributed by atoms with Crippen molar-refractivity contribution in [1.82, 2.24) is 5.32 Å². The average molecular weight is 383 g/mol. The Labute approximate surface area is 166 Å². The van der Waals surface area contributed by atoms with Crippen molar-refractivity contribution >= 4 is 5.91 Å². The quantitative estimate of drug-likeness (QED) is 0.735. The summed E-state index contributed by atoms with van der Waals surface area (Å²) >= 11 is 0. The Balaban J connectivity index is 1.60. The molecule has 1 atom stereocenters. The zero-order chi connectivity index (χ0) is 19.8. The van der Waals surface area contributed by atoms with Gasteiger partial charge in [-0.25, -0.2) is 0 Å². The molecule has 1 fully saturated rings. The molecule has 2 N–H and O–H groups in total. The zero-order valence-electron chi connectivity index (χ0n) is 16.4. The molecular weight excluding hydrogens is 354 g/mol. The second-order valence-corrected chi connectivity index (χ2v) is 7.30. The molecule has 3 rings (SSSR count). The summed E-state index contributed by atoms with van der Waals surface area (Å²) in [6.45, 7) is 1.50. The molecule has 0 spiro atoms. The number of aryl methyl sites for hydroxylation is 1. The fraction of sp³-hybridized carbons (Fsp3) is 0.435. The van der Waals surface area contributed by atoms with Crippen molar-refractivity contribution in [3.05, 3.63) is 65.7 Å². The van der Waals surface area contributed by atoms with Crippen LogP contribution in [0.5, 0.6) is 5.75 Å². The molecule has 2 aromatic carbocycles. The molecule has 0 aliphatic carbocycles. The first-order valence-corrected chi connectivity index (χ1v) is 9.87. The smallest absolute Gasteiger partial charge is 0.220 e. The molecular formula is C23H29NO4. The summed E-state index contributed by atoms with van der Waals surface area (Å²) in [5.74, 6) is 0.806. The molecule has 0 aromatic heterocycles. The molecule has 1 saturated heterocycles. The van der Waals surface area contributed by atoms with Gasteiger partial charge < -0.3 is 19.9 Å². The lowest BCUT2D eigenvalue weighted by Gasteiger charge is -2.39. The molecule has 150 valence electrons. The van der Waals surface area contributed by atoms with E-state index in [4.69, 9.17) is 9.47 Å². The highest BCUT2D eigenvalue weighted by Crippen LogP contribution is 2.35. The number of carbonyl (C=O) groups excluding carboxylic acids is 1. The van der Waals surface area contributed by atoms with Gasteiger partial charge in [-0.2, -0.15) is 0 Å². The molecule has 0 bridgehead atoms. The predicted molar refractivity (Wildman–Crippen MR) is 108 cm³/mol. The third-order valence-corrected chi connectivity index (χ3v) is 5.53. The van der Waals surface area contributed by atoms with Gasteiger partial charge in [-0.1, -0.05) is 42.5 Å². The summed E-state index contributed by atoms with van der Waals surface area (Å²) in [7, 11) is 1.63. The van der Waals surface area contributed by atoms with Crippen molar-refractivity contribution in [2.45, 2.75) is 31.3 Å². The fourth-order valence-corrected chi connectivity index (χ4v) is 3.76. The van der Waals surface area contributed by atoms with Crippen molar-refractivity contribution in [2.75, 3.05) is 26.9 Å². The molecule has 5 nitrogen and oxygen atoms in total. The van der Waals surface area contributed by atoms with E-state index in [2.05, 4.69) is 5.32 Å². The van der Waals surface area contributed by atoms with Crippen LogP contribution in [-0.2, 0) is 21.6 Å². The molecule has 28 heavy (non-hydrogen) atoms. The molecule has 5 heteroatoms. The Hall–Kier alpha value is -2.37. The maximum atomic E-state index is 12.4. The average Bonchev–Trinajstić information content (AvgIpc) is 2.77. The van der Waals surface area contributed by atoms with Gasteiger partial charge in [-0.15, -0.1) is 0 Å². The van der Waals surface area contributed by atoms with Crippen LogP contribution in [0.1, 0.15) is 30.4 Å². The Morgan fingerprint density at radius 1 is 1.14 bits per heavy atom. The van der Waals surface area contributed by atoms with Gasteiger partial charge >= 0.3 is 0 Å². The van der Waals surface area contributed by atoms with Gasteiger partial charge in [0, 0.05) is 19.6 Å². The third-order valence-electron chi connectivity index (χ3n) is 5.53. The number of nitrogens with one attached hydrogen (secondary N) is 1. The number of aliphatic hydroxyl groups is 1. The van der Waals surface area contributed by atoms with Gasteiger partial charge in [-0.3, -0.25) is 4.79 Å². The van der Waals surface area contributed by atoms with Gasteiger partial charge in [0.1, 0.15) is 11.4 Å². The summed E-state index contributed by atoms with van der Waals surface area (Å²) in [5, 5.41) is 14.5. The van der Waals surface area contributed by atoms with Crippen LogP contribution in [0.4, 0.5) is 0 Å². The van der Waals surface area contributed by atoms with Crippen LogP contribution in [-0.4, -0.2) is 37.9 Å². The topological polar surface area (TPSA) is 67.8 Å². The van der Waals surface area contributed by atoms with Crippen LogP contribution < -0.4 is 10.1 Å². The lowest BCUT2D eigenvalue weighted by atomic mass is 9.77. The summed E-state index contributed by atoms with van der Waals surface area (Å²) in [6.07, 6.45) is 2.60. The maximum Gasteiger partial charge on any atom is 0.220 e. The molecule has 0 radical (unpaired) electrons. The maximum absolute atomic E-state index is 12.4. The van der Waals surface area contributed by atoms with Gasteiger partial charge in [0.05, 0.1) is 13.7 Å². The highest BCUT2D eigenvalue weighted by atomic mass is 16.5. The fourth-order valence-electron chi connectivity index (χ4n) is 3.76. The predicted octanol–water partition coefficient (Wildman–Crippen LogP) is 3.06. The van der Waals surface area contributed by atoms with Gasteiger partial charge in [-0.05, 0) is 48.4 Å². The normalized spacial score (nSPS) is 16.9. The molecule has 0 saturated carbocycles. The van der Waals surface area contributed by atoms with Crippen LogP contribution in [0.2, 0.25) is 0 Å². The number of benzene rings is 2. The number of amides is 1. The summed E-state index contributed by atoms with van der Waals surface area (Å²) in [4.78, 5) is 12.4. The van der Waals surface area contributed by atoms with Gasteiger partial charge in [0.15, 0.2) is 0 Å². The molecule has 1 amide bonds. The number of methoxy groups -OCH3 is 1. The molecule has 1 aliphatic heterocycles. The first kappa shape index (κ1) is 20.4. The standard InChI is InChI=1S/C23H29NO4/c1-27-21-10-7-18(8-11-21)9-12-22(25)24-17-23(26,19-5-3-2-4-6-19)20-13-15-28-16-14-20/h2-8,10-11,20,26H,9,12-17H2,1H3,(H,24,25). The van der Waals surface area contributed by atoms with Crippen LogP contribution in [0.15, 0.2) is 54.6 Å². The van der Waals surface area contributed by atoms with Gasteiger partial charge in [0.25, 0.3) is 0 Å². The van der Waals surface area contributed by atoms with Crippen LogP contribution >= 0.6 is 0 Å². The Morgan fingerprint density at radius 3 is 2.46 bits per heavy atom. The van der Waals surface area contributed by atoms with E-state index in [1.807, 2.05) is 54.6 Å². The number of rotatable bonds is 8. The number of hydrogen-bond donors (Lipinski definition) is 2. The summed E-state index contributed by atoms with van der Waals surface area (Å²) < 4.78 is 10.6. The second kappa shape index (κ2) is 9.71. The SMILES string of the molecule is COc1ccc(CCC(=O)NCC(O)(c2ccccc2)C2CCOCC2)cc1. The summed E-state index contributed by atoms with van der Waals surface area (Å²) in [6, 6.07) is 17.4. The highest BCUT2D eigenvalue weighted by Gasteiger charge is 2.39. The first-order valence-electron chi connectivity index (χ1n) is 9.87. The van der Waals surface area contributed by atoms with Crippen molar-refractivity contribution < 1.29 is 19.4 Å². The third kappa shape index (κ3) is 5.12. The number of carbonyl (C=O) groups is 1. The van der Waals surface area contributed by atoms with E-state index in [0.717, 1.165) is 29.7 Å². The van der Waals surface area contributed by atoms with E-state index < -0.39 is 5.60 Å². The minimum Gasteiger partial charge on any atom is -0.497 e. The van der Waals surface area contributed by atoms with Crippen molar-refractivity contribution in [3.63, 3.8) is 0 Å². The van der Waals surface area contributed by atoms with E-state index >= 15 is 0 Å². The van der Waals surface area contributed by atoms with Gasteiger partial charge in [0.2, 0.25) is 5.91 Å². The van der Waals surface area contributed by atoms with Crippen molar-refractivity contribution in [2.24, 2.45) is 5.92 Å². The lowest BCUT2D eigenvalue weighted by Crippen LogP contribution is -2.47. The molecule has 1 heterocycles. The highest BCUT2D eigenvalue weighted by molar-refractivity contribution is 5.76. The van der Waals surface area contributed by atoms with Crippen LogP contribution in [0, 0.1) is 5.92 Å². The number of hydrogen-bond acceptors (Lipinski definition) is 4. The summed E-state index contributed by atoms with van der Waals surface area (Å²) in [5.41, 5.74) is 0.844. The molecule has 2 aromatic rings. The molecule has 1 unspecified atom stereocenters. The van der Waals surface area contributed by atoms with E-state index in [1.165, 1.54) is 0 Å². The van der Waals surface area contributed by atoms with E-state index in [-0.39, 0.29) is 18.4 Å². The Morgan fingerprint density at radius 2 is 1.82 bits per heavy atom. The Bertz CT molecular complexity index is 741. The van der Waals surface area contributed by atoms with E-state index in [0.29, 0.717) is 26.1 Å². The zero-order valence-corrected chi connectivity index (χ0v) is 16.4. The van der Waals surface area contributed by atoms with E-state index in [9.17, 15) is 9.90 Å². The minimum absolute atomic E-state index is 0.0581. The lowest BCUT2D eigenvalue weighted by molar-refractivity contribution is -0.124. The minimum atomic E-state index is -1.08. The first-order chi connectivity index (χ1) is 13.6. The molecule has 1 aliphatic rings. The van der Waals surface area contributed by atoms with E-state index in [1.54, 1.807) is 7.11 Å². The number of ether oxygens (including phenoxy) is 2. The van der Waals surface area contributed by atoms with Crippen molar-refractivity contribution in [3.8, 4) is 5.75 Å². The van der Waals surface area contributed by atoms with Crippen LogP contribution in [0.3, 0.4) is 0 Å². The second-order valence-electron chi connectivity index (χ2n) is 7.30.